The van der Waals surface area contributed by atoms with Gasteiger partial charge in [-0.1, -0.05) is 20.3 Å². The first-order chi connectivity index (χ1) is 7.16. The van der Waals surface area contributed by atoms with Crippen molar-refractivity contribution >= 4 is 28.7 Å². The average Bonchev–Trinajstić information content (AvgIpc) is 2.10. The van der Waals surface area contributed by atoms with Crippen molar-refractivity contribution in [1.82, 2.24) is 0 Å². The molecule has 0 aromatic heterocycles. The van der Waals surface area contributed by atoms with Gasteiger partial charge in [-0.05, 0) is 24.0 Å². The number of amidine groups is 1. The number of hydrogen-bond acceptors (Lipinski definition) is 3. The van der Waals surface area contributed by atoms with E-state index >= 15 is 0 Å². The summed E-state index contributed by atoms with van der Waals surface area (Å²) in [5.74, 6) is 0.902. The van der Waals surface area contributed by atoms with Gasteiger partial charge in [0.05, 0.1) is 0 Å². The normalized spacial score (nSPS) is 14.1. The third-order valence-corrected chi connectivity index (χ3v) is 3.55. The van der Waals surface area contributed by atoms with Crippen LogP contribution in [-0.2, 0) is 10.2 Å². The van der Waals surface area contributed by atoms with Gasteiger partial charge in [0.15, 0.2) is 0 Å². The third kappa shape index (κ3) is 8.99. The standard InChI is InChI=1S/C9H21N3O2S2/c1-9(2,7-15)6-4-3-5-8(10)12-16(11,13)14/h15H,3-7H2,1-2H3,(H2,10,12)(H2,11,13,14). The van der Waals surface area contributed by atoms with Crippen molar-refractivity contribution in [3.63, 3.8) is 0 Å². The monoisotopic (exact) mass is 267 g/mol. The molecule has 0 atom stereocenters. The van der Waals surface area contributed by atoms with E-state index < -0.39 is 10.2 Å². The first kappa shape index (κ1) is 15.7. The van der Waals surface area contributed by atoms with Crippen molar-refractivity contribution in [2.24, 2.45) is 20.7 Å². The predicted molar refractivity (Wildman–Crippen MR) is 70.8 cm³/mol. The Kier molecular flexibility index (Phi) is 6.35. The second kappa shape index (κ2) is 6.46. The maximum absolute atomic E-state index is 10.6. The van der Waals surface area contributed by atoms with Crippen LogP contribution < -0.4 is 10.9 Å². The highest BCUT2D eigenvalue weighted by Gasteiger charge is 2.14. The van der Waals surface area contributed by atoms with E-state index in [0.717, 1.165) is 25.0 Å². The van der Waals surface area contributed by atoms with E-state index in [2.05, 4.69) is 30.9 Å². The van der Waals surface area contributed by atoms with E-state index in [1.165, 1.54) is 0 Å². The molecule has 0 unspecified atom stereocenters. The number of hydrogen-bond donors (Lipinski definition) is 3. The maximum Gasteiger partial charge on any atom is 0.318 e. The van der Waals surface area contributed by atoms with E-state index in [9.17, 15) is 8.42 Å². The lowest BCUT2D eigenvalue weighted by atomic mass is 9.89. The van der Waals surface area contributed by atoms with Crippen LogP contribution in [0, 0.1) is 5.41 Å². The first-order valence-corrected chi connectivity index (χ1v) is 7.28. The Morgan fingerprint density at radius 2 is 1.94 bits per heavy atom. The van der Waals surface area contributed by atoms with Crippen molar-refractivity contribution in [2.45, 2.75) is 39.5 Å². The van der Waals surface area contributed by atoms with Crippen LogP contribution >= 0.6 is 12.6 Å². The molecule has 5 nitrogen and oxygen atoms in total. The summed E-state index contributed by atoms with van der Waals surface area (Å²) in [5, 5.41) is 4.73. The summed E-state index contributed by atoms with van der Waals surface area (Å²) in [5.41, 5.74) is 5.62. The second-order valence-electron chi connectivity index (χ2n) is 4.63. The largest absolute Gasteiger partial charge is 0.386 e. The molecule has 0 aliphatic rings. The molecule has 0 amide bonds. The smallest absolute Gasteiger partial charge is 0.318 e. The SMILES string of the molecule is CC(C)(CS)CCCC/C(N)=N/S(N)(=O)=O. The molecule has 96 valence electrons. The maximum atomic E-state index is 10.6. The highest BCUT2D eigenvalue weighted by Crippen LogP contribution is 2.24. The van der Waals surface area contributed by atoms with Gasteiger partial charge in [0.1, 0.15) is 5.84 Å². The van der Waals surface area contributed by atoms with Crippen molar-refractivity contribution in [3.05, 3.63) is 0 Å². The minimum atomic E-state index is -3.84. The molecule has 0 aromatic rings. The fraction of sp³-hybridized carbons (Fsp3) is 0.889. The van der Waals surface area contributed by atoms with Crippen LogP contribution in [0.2, 0.25) is 0 Å². The molecule has 0 aliphatic carbocycles. The molecule has 0 spiro atoms. The van der Waals surface area contributed by atoms with Gasteiger partial charge in [-0.3, -0.25) is 0 Å². The minimum absolute atomic E-state index is 0.0752. The molecule has 7 heteroatoms. The lowest BCUT2D eigenvalue weighted by Crippen LogP contribution is -2.18. The fourth-order valence-corrected chi connectivity index (χ4v) is 1.77. The van der Waals surface area contributed by atoms with Crippen LogP contribution in [-0.4, -0.2) is 20.0 Å². The highest BCUT2D eigenvalue weighted by molar-refractivity contribution is 7.88. The van der Waals surface area contributed by atoms with Crippen LogP contribution in [0.1, 0.15) is 39.5 Å². The van der Waals surface area contributed by atoms with Gasteiger partial charge >= 0.3 is 10.2 Å². The summed E-state index contributed by atoms with van der Waals surface area (Å²) in [6, 6.07) is 0. The first-order valence-electron chi connectivity index (χ1n) is 5.14. The van der Waals surface area contributed by atoms with Gasteiger partial charge in [-0.15, -0.1) is 4.40 Å². The Labute approximate surface area is 103 Å². The molecule has 0 aromatic carbocycles. The molecular weight excluding hydrogens is 246 g/mol. The zero-order valence-electron chi connectivity index (χ0n) is 9.81. The Balaban J connectivity index is 3.89. The molecule has 0 saturated carbocycles. The summed E-state index contributed by atoms with van der Waals surface area (Å²) in [6.07, 6.45) is 3.26. The molecule has 0 heterocycles. The molecule has 4 N–H and O–H groups in total. The molecule has 0 bridgehead atoms. The Morgan fingerprint density at radius 1 is 1.38 bits per heavy atom. The Hall–Kier alpha value is -0.270. The van der Waals surface area contributed by atoms with Crippen molar-refractivity contribution in [1.29, 1.82) is 0 Å². The number of thiol groups is 1. The van der Waals surface area contributed by atoms with Crippen LogP contribution in [0.15, 0.2) is 4.40 Å². The fourth-order valence-electron chi connectivity index (χ4n) is 1.20. The zero-order valence-corrected chi connectivity index (χ0v) is 11.5. The van der Waals surface area contributed by atoms with Crippen LogP contribution in [0.25, 0.3) is 0 Å². The van der Waals surface area contributed by atoms with E-state index in [-0.39, 0.29) is 11.3 Å². The summed E-state index contributed by atoms with van der Waals surface area (Å²) >= 11 is 4.26. The predicted octanol–water partition coefficient (Wildman–Crippen LogP) is 1.06. The van der Waals surface area contributed by atoms with Crippen LogP contribution in [0.3, 0.4) is 0 Å². The van der Waals surface area contributed by atoms with E-state index in [1.54, 1.807) is 0 Å². The molecule has 0 fully saturated rings. The van der Waals surface area contributed by atoms with Crippen molar-refractivity contribution in [2.75, 3.05) is 5.75 Å². The third-order valence-electron chi connectivity index (χ3n) is 2.21. The van der Waals surface area contributed by atoms with E-state index in [4.69, 9.17) is 10.9 Å². The molecule has 16 heavy (non-hydrogen) atoms. The Morgan fingerprint density at radius 3 is 2.38 bits per heavy atom. The minimum Gasteiger partial charge on any atom is -0.386 e. The van der Waals surface area contributed by atoms with E-state index in [0.29, 0.717) is 6.42 Å². The van der Waals surface area contributed by atoms with Crippen molar-refractivity contribution in [3.8, 4) is 0 Å². The highest BCUT2D eigenvalue weighted by atomic mass is 32.2. The Bertz CT molecular complexity index is 337. The number of unbranched alkanes of at least 4 members (excludes halogenated alkanes) is 1. The summed E-state index contributed by atoms with van der Waals surface area (Å²) in [7, 11) is -3.84. The molecule has 0 rings (SSSR count). The van der Waals surface area contributed by atoms with Crippen molar-refractivity contribution < 1.29 is 8.42 Å². The van der Waals surface area contributed by atoms with Gasteiger partial charge in [0.2, 0.25) is 0 Å². The van der Waals surface area contributed by atoms with Gasteiger partial charge in [-0.25, -0.2) is 5.14 Å². The zero-order chi connectivity index (χ0) is 12.8. The summed E-state index contributed by atoms with van der Waals surface area (Å²) in [4.78, 5) is 0. The van der Waals surface area contributed by atoms with E-state index in [1.807, 2.05) is 0 Å². The quantitative estimate of drug-likeness (QED) is 0.278. The number of nitrogens with zero attached hydrogens (tertiary/aromatic N) is 1. The van der Waals surface area contributed by atoms with Gasteiger partial charge < -0.3 is 5.73 Å². The van der Waals surface area contributed by atoms with Gasteiger partial charge in [0, 0.05) is 6.42 Å². The summed E-state index contributed by atoms with van der Waals surface area (Å²) < 4.78 is 24.4. The molecule has 0 aliphatic heterocycles. The lowest BCUT2D eigenvalue weighted by Gasteiger charge is -2.21. The second-order valence-corrected chi connectivity index (χ2v) is 6.16. The average molecular weight is 267 g/mol. The lowest BCUT2D eigenvalue weighted by molar-refractivity contribution is 0.371. The topological polar surface area (TPSA) is 98.5 Å². The molecule has 0 radical (unpaired) electrons. The molecular formula is C9H21N3O2S2. The van der Waals surface area contributed by atoms with Gasteiger partial charge in [-0.2, -0.15) is 21.0 Å². The number of nitrogens with two attached hydrogens (primary N) is 2. The summed E-state index contributed by atoms with van der Waals surface area (Å²) in [6.45, 7) is 4.28. The van der Waals surface area contributed by atoms with Crippen LogP contribution in [0.5, 0.6) is 0 Å². The number of rotatable bonds is 7. The molecule has 0 saturated heterocycles. The van der Waals surface area contributed by atoms with Gasteiger partial charge in [0.25, 0.3) is 0 Å². The van der Waals surface area contributed by atoms with Crippen LogP contribution in [0.4, 0.5) is 0 Å².